The van der Waals surface area contributed by atoms with Crippen molar-refractivity contribution in [1.82, 2.24) is 9.58 Å². The number of halogens is 1. The van der Waals surface area contributed by atoms with E-state index in [1.165, 1.54) is 21.2 Å². The molecule has 1 fully saturated rings. The van der Waals surface area contributed by atoms with E-state index in [0.717, 1.165) is 0 Å². The molecule has 0 atom stereocenters. The number of aromatic nitrogens is 2. The minimum Gasteiger partial charge on any atom is -0.278 e. The van der Waals surface area contributed by atoms with Crippen molar-refractivity contribution >= 4 is 41.9 Å². The highest BCUT2D eigenvalue weighted by Gasteiger charge is 2.35. The predicted octanol–water partition coefficient (Wildman–Crippen LogP) is 0.129. The van der Waals surface area contributed by atoms with Crippen LogP contribution in [0, 0.1) is 0 Å². The maximum atomic E-state index is 12.4. The van der Waals surface area contributed by atoms with Gasteiger partial charge in [-0.2, -0.15) is 4.31 Å². The number of sulfonamides is 2. The Kier molecular flexibility index (Phi) is 5.74. The van der Waals surface area contributed by atoms with Crippen LogP contribution in [0.25, 0.3) is 0 Å². The SMILES string of the molecule is CCS(=O)(=O)N1CCN([n+]2noc(NS(=O)(=O)c3ccccc3)c2Br)CC1. The summed E-state index contributed by atoms with van der Waals surface area (Å²) in [5, 5.41) is 5.61. The highest BCUT2D eigenvalue weighted by Crippen LogP contribution is 2.21. The number of rotatable bonds is 6. The minimum atomic E-state index is -3.82. The molecule has 0 unspecified atom stereocenters. The summed E-state index contributed by atoms with van der Waals surface area (Å²) in [4.78, 5) is 1.47. The van der Waals surface area contributed by atoms with Gasteiger partial charge in [0.25, 0.3) is 10.0 Å². The van der Waals surface area contributed by atoms with Crippen LogP contribution in [0.1, 0.15) is 6.92 Å². The Morgan fingerprint density at radius 2 is 1.78 bits per heavy atom. The average Bonchev–Trinajstić information content (AvgIpc) is 3.02. The molecule has 0 aliphatic carbocycles. The second-order valence-corrected chi connectivity index (χ2v) is 10.4. The first-order chi connectivity index (χ1) is 12.7. The molecule has 2 heterocycles. The van der Waals surface area contributed by atoms with Crippen LogP contribution in [-0.2, 0) is 20.0 Å². The first kappa shape index (κ1) is 20.0. The summed E-state index contributed by atoms with van der Waals surface area (Å²) in [6.07, 6.45) is 0. The molecule has 1 aliphatic rings. The number of piperazine rings is 1. The number of hydrogen-bond donors (Lipinski definition) is 1. The van der Waals surface area contributed by atoms with Crippen LogP contribution in [0.4, 0.5) is 5.88 Å². The first-order valence-corrected chi connectivity index (χ1v) is 12.0. The van der Waals surface area contributed by atoms with E-state index in [9.17, 15) is 16.8 Å². The zero-order valence-corrected chi connectivity index (χ0v) is 17.7. The van der Waals surface area contributed by atoms with Crippen molar-refractivity contribution < 1.29 is 26.1 Å². The van der Waals surface area contributed by atoms with Gasteiger partial charge >= 0.3 is 10.5 Å². The second kappa shape index (κ2) is 7.73. The number of nitrogens with one attached hydrogen (secondary N) is 1. The average molecular weight is 481 g/mol. The predicted molar refractivity (Wildman–Crippen MR) is 101 cm³/mol. The summed E-state index contributed by atoms with van der Waals surface area (Å²) in [5.41, 5.74) is 0. The Balaban J connectivity index is 1.73. The van der Waals surface area contributed by atoms with Crippen molar-refractivity contribution in [3.05, 3.63) is 34.9 Å². The third kappa shape index (κ3) is 4.25. The van der Waals surface area contributed by atoms with Gasteiger partial charge in [0.15, 0.2) is 0 Å². The van der Waals surface area contributed by atoms with Gasteiger partial charge in [0.05, 0.1) is 28.5 Å². The summed E-state index contributed by atoms with van der Waals surface area (Å²) in [7, 11) is -7.05. The van der Waals surface area contributed by atoms with Crippen molar-refractivity contribution in [3.8, 4) is 0 Å². The monoisotopic (exact) mass is 480 g/mol. The van der Waals surface area contributed by atoms with E-state index in [-0.39, 0.29) is 21.1 Å². The van der Waals surface area contributed by atoms with Gasteiger partial charge in [-0.1, -0.05) is 18.2 Å². The lowest BCUT2D eigenvalue weighted by atomic mass is 10.4. The normalized spacial score (nSPS) is 16.4. The molecular weight excluding hydrogens is 462 g/mol. The third-order valence-electron chi connectivity index (χ3n) is 4.09. The van der Waals surface area contributed by atoms with Crippen LogP contribution in [0.3, 0.4) is 0 Å². The molecule has 2 aromatic rings. The van der Waals surface area contributed by atoms with E-state index >= 15 is 0 Å². The Bertz CT molecular complexity index is 1000. The standard InChI is InChI=1S/C14H19BrN5O5S2/c1-2-26(21,22)19-10-8-18(9-11-19)20-13(15)14(25-17-20)16-27(23,24)12-6-4-3-5-7-12/h3-7,16H,2,8-11H2,1H3/q+1. The smallest absolute Gasteiger partial charge is 0.278 e. The maximum absolute atomic E-state index is 12.4. The van der Waals surface area contributed by atoms with E-state index in [4.69, 9.17) is 4.52 Å². The van der Waals surface area contributed by atoms with Gasteiger partial charge in [-0.3, -0.25) is 4.52 Å². The summed E-state index contributed by atoms with van der Waals surface area (Å²) in [6.45, 7) is 3.01. The van der Waals surface area contributed by atoms with Gasteiger partial charge in [0, 0.05) is 29.0 Å². The molecule has 0 radical (unpaired) electrons. The van der Waals surface area contributed by atoms with Gasteiger partial charge in [-0.25, -0.2) is 21.6 Å². The fraction of sp³-hybridized carbons (Fsp3) is 0.429. The van der Waals surface area contributed by atoms with E-state index in [0.29, 0.717) is 26.2 Å². The van der Waals surface area contributed by atoms with Crippen LogP contribution in [-0.4, -0.2) is 58.3 Å². The largest absolute Gasteiger partial charge is 0.373 e. The lowest BCUT2D eigenvalue weighted by Crippen LogP contribution is -2.66. The molecule has 0 amide bonds. The van der Waals surface area contributed by atoms with Crippen LogP contribution < -0.4 is 14.5 Å². The highest BCUT2D eigenvalue weighted by molar-refractivity contribution is 9.10. The van der Waals surface area contributed by atoms with Crippen LogP contribution >= 0.6 is 15.9 Å². The molecule has 148 valence electrons. The Labute approximate surface area is 165 Å². The maximum Gasteiger partial charge on any atom is 0.373 e. The van der Waals surface area contributed by atoms with Crippen LogP contribution in [0.2, 0.25) is 0 Å². The molecule has 1 aromatic heterocycles. The van der Waals surface area contributed by atoms with Gasteiger partial charge < -0.3 is 0 Å². The molecule has 0 bridgehead atoms. The van der Waals surface area contributed by atoms with Crippen LogP contribution in [0.15, 0.2) is 44.4 Å². The number of hydrogen-bond acceptors (Lipinski definition) is 7. The topological polar surface area (TPSA) is 117 Å². The molecular formula is C14H19BrN5O5S2+. The van der Waals surface area contributed by atoms with E-state index in [1.54, 1.807) is 30.1 Å². The summed E-state index contributed by atoms with van der Waals surface area (Å²) >= 11 is 3.29. The molecule has 1 aliphatic heterocycles. The van der Waals surface area contributed by atoms with Crippen molar-refractivity contribution in [3.63, 3.8) is 0 Å². The zero-order chi connectivity index (χ0) is 19.7. The number of benzene rings is 1. The van der Waals surface area contributed by atoms with Crippen molar-refractivity contribution in [2.24, 2.45) is 0 Å². The van der Waals surface area contributed by atoms with E-state index < -0.39 is 20.0 Å². The number of anilines is 1. The fourth-order valence-corrected chi connectivity index (χ4v) is 5.28. The van der Waals surface area contributed by atoms with Crippen molar-refractivity contribution in [2.75, 3.05) is 41.7 Å². The minimum absolute atomic E-state index is 0.0548. The summed E-state index contributed by atoms with van der Waals surface area (Å²) in [6, 6.07) is 7.89. The quantitative estimate of drug-likeness (QED) is 0.583. The molecule has 13 heteroatoms. The highest BCUT2D eigenvalue weighted by atomic mass is 79.9. The van der Waals surface area contributed by atoms with E-state index in [2.05, 4.69) is 25.9 Å². The fourth-order valence-electron chi connectivity index (χ4n) is 2.59. The Morgan fingerprint density at radius 3 is 2.37 bits per heavy atom. The van der Waals surface area contributed by atoms with Crippen LogP contribution in [0.5, 0.6) is 0 Å². The lowest BCUT2D eigenvalue weighted by molar-refractivity contribution is -0.768. The Hall–Kier alpha value is -1.70. The summed E-state index contributed by atoms with van der Waals surface area (Å²) < 4.78 is 57.9. The zero-order valence-electron chi connectivity index (χ0n) is 14.4. The molecule has 1 saturated heterocycles. The lowest BCUT2D eigenvalue weighted by Gasteiger charge is -2.28. The first-order valence-electron chi connectivity index (χ1n) is 8.13. The molecule has 0 spiro atoms. The van der Waals surface area contributed by atoms with Crippen molar-refractivity contribution in [2.45, 2.75) is 11.8 Å². The molecule has 1 N–H and O–H groups in total. The van der Waals surface area contributed by atoms with Gasteiger partial charge in [0.1, 0.15) is 0 Å². The van der Waals surface area contributed by atoms with Crippen molar-refractivity contribution in [1.29, 1.82) is 0 Å². The van der Waals surface area contributed by atoms with Gasteiger partial charge in [0.2, 0.25) is 15.3 Å². The molecule has 3 rings (SSSR count). The molecule has 10 nitrogen and oxygen atoms in total. The third-order valence-corrected chi connectivity index (χ3v) is 8.00. The molecule has 1 aromatic carbocycles. The number of nitrogens with zero attached hydrogens (tertiary/aromatic N) is 4. The Morgan fingerprint density at radius 1 is 1.15 bits per heavy atom. The van der Waals surface area contributed by atoms with E-state index in [1.807, 2.05) is 0 Å². The molecule has 0 saturated carbocycles. The summed E-state index contributed by atoms with van der Waals surface area (Å²) in [5.74, 6) is -0.0124. The van der Waals surface area contributed by atoms with Gasteiger partial charge in [-0.15, -0.1) is 5.01 Å². The van der Waals surface area contributed by atoms with Gasteiger partial charge in [-0.05, 0) is 19.1 Å². The second-order valence-electron chi connectivity index (χ2n) is 5.75. The molecule has 27 heavy (non-hydrogen) atoms.